The van der Waals surface area contributed by atoms with E-state index >= 15 is 0 Å². The van der Waals surface area contributed by atoms with Crippen molar-refractivity contribution in [2.24, 2.45) is 0 Å². The molecule has 192 valence electrons. The topological polar surface area (TPSA) is 134 Å². The zero-order chi connectivity index (χ0) is 25.9. The largest absolute Gasteiger partial charge is 0.493 e. The third-order valence-corrected chi connectivity index (χ3v) is 8.36. The molecule has 35 heavy (non-hydrogen) atoms. The van der Waals surface area contributed by atoms with Crippen molar-refractivity contribution in [2.45, 2.75) is 63.8 Å². The smallest absolute Gasteiger partial charge is 0.324 e. The number of nitrogens with one attached hydrogen (secondary N) is 3. The van der Waals surface area contributed by atoms with Gasteiger partial charge < -0.3 is 10.1 Å². The fourth-order valence-electron chi connectivity index (χ4n) is 4.55. The van der Waals surface area contributed by atoms with Gasteiger partial charge in [0.25, 0.3) is 15.9 Å². The summed E-state index contributed by atoms with van der Waals surface area (Å²) in [5.41, 5.74) is 2.69. The number of rotatable bonds is 7. The molecule has 1 aromatic rings. The van der Waals surface area contributed by atoms with Crippen molar-refractivity contribution >= 4 is 39.1 Å². The van der Waals surface area contributed by atoms with Crippen LogP contribution >= 0.6 is 11.9 Å². The Morgan fingerprint density at radius 1 is 1.26 bits per heavy atom. The molecular weight excluding hydrogens is 492 g/mol. The second-order valence-corrected chi connectivity index (χ2v) is 11.2. The van der Waals surface area contributed by atoms with E-state index in [0.717, 1.165) is 5.57 Å². The second kappa shape index (κ2) is 11.0. The van der Waals surface area contributed by atoms with Gasteiger partial charge in [0, 0.05) is 35.0 Å². The summed E-state index contributed by atoms with van der Waals surface area (Å²) in [6.07, 6.45) is 1.53. The Labute approximate surface area is 210 Å². The number of urea groups is 1. The number of imide groups is 1. The number of nitrogens with zero attached hydrogens (tertiary/aromatic N) is 1. The number of fused-ring (bicyclic) bond motifs is 1. The van der Waals surface area contributed by atoms with E-state index in [1.807, 2.05) is 27.7 Å². The van der Waals surface area contributed by atoms with Crippen LogP contribution in [0.5, 0.6) is 5.75 Å². The summed E-state index contributed by atoms with van der Waals surface area (Å²) in [7, 11) is -2.61. The van der Waals surface area contributed by atoms with Crippen LogP contribution in [-0.2, 0) is 21.2 Å². The maximum Gasteiger partial charge on any atom is 0.324 e. The van der Waals surface area contributed by atoms with E-state index in [4.69, 9.17) is 4.74 Å². The van der Waals surface area contributed by atoms with Gasteiger partial charge >= 0.3 is 11.3 Å². The average molecular weight is 525 g/mol. The van der Waals surface area contributed by atoms with E-state index in [-0.39, 0.29) is 23.3 Å². The number of amides is 4. The van der Waals surface area contributed by atoms with Crippen molar-refractivity contribution in [3.63, 3.8) is 0 Å². The van der Waals surface area contributed by atoms with E-state index in [0.29, 0.717) is 60.3 Å². The van der Waals surface area contributed by atoms with E-state index in [1.54, 1.807) is 6.07 Å². The molecule has 0 aromatic heterocycles. The lowest BCUT2D eigenvalue weighted by Crippen LogP contribution is -2.47. The van der Waals surface area contributed by atoms with Gasteiger partial charge in [-0.25, -0.2) is 17.9 Å². The van der Waals surface area contributed by atoms with Gasteiger partial charge in [-0.3, -0.25) is 19.2 Å². The molecule has 2 heterocycles. The molecule has 0 radical (unpaired) electrons. The molecule has 0 spiro atoms. The van der Waals surface area contributed by atoms with Gasteiger partial charge in [0.15, 0.2) is 0 Å². The Hall–Kier alpha value is -2.57. The van der Waals surface area contributed by atoms with Crippen molar-refractivity contribution in [2.75, 3.05) is 20.2 Å². The molecule has 0 aliphatic carbocycles. The normalized spacial score (nSPS) is 18.7. The summed E-state index contributed by atoms with van der Waals surface area (Å²) in [6.45, 7) is 8.05. The number of ether oxygens (including phenoxy) is 1. The monoisotopic (exact) mass is 524 g/mol. The molecule has 2 aliphatic heterocycles. The van der Waals surface area contributed by atoms with Gasteiger partial charge in [0.05, 0.1) is 18.0 Å². The average Bonchev–Trinajstić information content (AvgIpc) is 3.10. The number of carbonyl (C=O) groups is 3. The molecule has 0 saturated carbocycles. The van der Waals surface area contributed by atoms with Crippen molar-refractivity contribution in [1.29, 1.82) is 0 Å². The molecule has 2 aliphatic rings. The number of aryl methyl sites for hydroxylation is 1. The summed E-state index contributed by atoms with van der Waals surface area (Å²) < 4.78 is 36.4. The minimum absolute atomic E-state index is 0.0000346. The predicted octanol–water partition coefficient (Wildman–Crippen LogP) is 3.05. The summed E-state index contributed by atoms with van der Waals surface area (Å²) in [5.74, 6) is 0.0256. The lowest BCUT2D eigenvalue weighted by atomic mass is 9.86. The van der Waals surface area contributed by atoms with Crippen LogP contribution in [0, 0.1) is 0 Å². The third-order valence-electron chi connectivity index (χ3n) is 6.33. The van der Waals surface area contributed by atoms with Crippen LogP contribution in [0.2, 0.25) is 0 Å². The zero-order valence-corrected chi connectivity index (χ0v) is 22.2. The molecule has 2 atom stereocenters. The molecular formula is C23H32N4O6S2. The van der Waals surface area contributed by atoms with E-state index in [1.165, 1.54) is 18.0 Å². The number of sulfonamides is 1. The summed E-state index contributed by atoms with van der Waals surface area (Å²) in [5, 5.41) is 2.17. The van der Waals surface area contributed by atoms with Crippen molar-refractivity contribution < 1.29 is 27.5 Å². The van der Waals surface area contributed by atoms with Crippen LogP contribution in [0.3, 0.4) is 0 Å². The molecule has 0 saturated heterocycles. The molecule has 1 aromatic carbocycles. The maximum absolute atomic E-state index is 13.0. The SMILES string of the molecule is CCC1=C(C)CN(C(=O)NC(C)C2CCOc3cc(CC)c(S(=O)(=O)NC(=O)SNC)cc32)C1=O. The number of hydrogen-bond donors (Lipinski definition) is 3. The molecule has 4 amide bonds. The van der Waals surface area contributed by atoms with Crippen LogP contribution in [0.1, 0.15) is 57.6 Å². The molecule has 2 unspecified atom stereocenters. The standard InChI is InChI=1S/C23H32N4O6S2/c1-6-15-10-19-18(11-20(15)35(31,32)26-23(30)34-24-5)17(8-9-33-19)14(4)25-22(29)27-12-13(3)16(7-2)21(27)28/h10-11,14,17,24H,6-9,12H2,1-5H3,(H,25,29)(H,26,30). The van der Waals surface area contributed by atoms with E-state index in [2.05, 4.69) is 14.8 Å². The van der Waals surface area contributed by atoms with Gasteiger partial charge in [0.1, 0.15) is 5.75 Å². The Bertz CT molecular complexity index is 1160. The molecule has 12 heteroatoms. The first-order valence-electron chi connectivity index (χ1n) is 11.5. The van der Waals surface area contributed by atoms with Crippen molar-refractivity contribution in [3.8, 4) is 5.75 Å². The Balaban J connectivity index is 1.87. The Morgan fingerprint density at radius 3 is 2.57 bits per heavy atom. The van der Waals surface area contributed by atoms with Gasteiger partial charge in [-0.2, -0.15) is 0 Å². The predicted molar refractivity (Wildman–Crippen MR) is 134 cm³/mol. The third kappa shape index (κ3) is 5.65. The molecule has 0 bridgehead atoms. The van der Waals surface area contributed by atoms with Gasteiger partial charge in [0.2, 0.25) is 0 Å². The van der Waals surface area contributed by atoms with Crippen LogP contribution in [0.4, 0.5) is 9.59 Å². The van der Waals surface area contributed by atoms with Gasteiger partial charge in [-0.05, 0) is 63.4 Å². The first kappa shape index (κ1) is 27.0. The van der Waals surface area contributed by atoms with Crippen LogP contribution in [0.15, 0.2) is 28.2 Å². The van der Waals surface area contributed by atoms with Crippen LogP contribution in [0.25, 0.3) is 0 Å². The highest BCUT2D eigenvalue weighted by Crippen LogP contribution is 2.39. The number of carbonyl (C=O) groups excluding carboxylic acids is 3. The van der Waals surface area contributed by atoms with E-state index in [9.17, 15) is 22.8 Å². The molecule has 10 nitrogen and oxygen atoms in total. The van der Waals surface area contributed by atoms with E-state index < -0.39 is 27.3 Å². The summed E-state index contributed by atoms with van der Waals surface area (Å²) in [4.78, 5) is 38.6. The number of hydrogen-bond acceptors (Lipinski definition) is 8. The second-order valence-electron chi connectivity index (χ2n) is 8.54. The number of benzene rings is 1. The first-order valence-corrected chi connectivity index (χ1v) is 13.8. The van der Waals surface area contributed by atoms with Crippen molar-refractivity contribution in [1.82, 2.24) is 19.7 Å². The maximum atomic E-state index is 13.0. The molecule has 3 rings (SSSR count). The lowest BCUT2D eigenvalue weighted by molar-refractivity contribution is -0.123. The van der Waals surface area contributed by atoms with Gasteiger partial charge in [-0.15, -0.1) is 0 Å². The zero-order valence-electron chi connectivity index (χ0n) is 20.6. The highest BCUT2D eigenvalue weighted by atomic mass is 32.2. The highest BCUT2D eigenvalue weighted by molar-refractivity contribution is 8.13. The minimum atomic E-state index is -4.13. The minimum Gasteiger partial charge on any atom is -0.493 e. The first-order chi connectivity index (χ1) is 16.5. The van der Waals surface area contributed by atoms with Crippen LogP contribution in [-0.4, -0.2) is 56.7 Å². The molecule has 3 N–H and O–H groups in total. The molecule has 0 fully saturated rings. The quantitative estimate of drug-likeness (QED) is 0.464. The highest BCUT2D eigenvalue weighted by Gasteiger charge is 2.35. The van der Waals surface area contributed by atoms with Crippen LogP contribution < -0.4 is 19.5 Å². The van der Waals surface area contributed by atoms with Crippen molar-refractivity contribution in [3.05, 3.63) is 34.4 Å². The fourth-order valence-corrected chi connectivity index (χ4v) is 6.39. The lowest BCUT2D eigenvalue weighted by Gasteiger charge is -2.32. The fraction of sp³-hybridized carbons (Fsp3) is 0.522. The summed E-state index contributed by atoms with van der Waals surface area (Å²) >= 11 is 0.634. The summed E-state index contributed by atoms with van der Waals surface area (Å²) in [6, 6.07) is 2.34. The van der Waals surface area contributed by atoms with Gasteiger partial charge in [-0.1, -0.05) is 13.8 Å². The Kier molecular flexibility index (Phi) is 8.50. The Morgan fingerprint density at radius 2 is 1.97 bits per heavy atom.